The van der Waals surface area contributed by atoms with Gasteiger partial charge < -0.3 is 0 Å². The zero-order chi connectivity index (χ0) is 16.9. The van der Waals surface area contributed by atoms with Crippen molar-refractivity contribution in [3.63, 3.8) is 0 Å². The van der Waals surface area contributed by atoms with Crippen molar-refractivity contribution in [1.29, 1.82) is 0 Å². The first-order valence-electron chi connectivity index (χ1n) is 7.28. The number of nitrogens with zero attached hydrogens (tertiary/aromatic N) is 1. The first kappa shape index (κ1) is 17.5. The average molecular weight is 333 g/mol. The van der Waals surface area contributed by atoms with Crippen molar-refractivity contribution in [2.45, 2.75) is 57.0 Å². The summed E-state index contributed by atoms with van der Waals surface area (Å²) in [7, 11) is 0.578. The van der Waals surface area contributed by atoms with Crippen molar-refractivity contribution in [2.24, 2.45) is 0 Å². The van der Waals surface area contributed by atoms with Gasteiger partial charge in [-0.3, -0.25) is 0 Å². The van der Waals surface area contributed by atoms with E-state index < -0.39 is 27.5 Å². The number of fused-ring (bicyclic) bond motifs is 1. The summed E-state index contributed by atoms with van der Waals surface area (Å²) in [5, 5.41) is 0. The van der Waals surface area contributed by atoms with Crippen LogP contribution in [-0.2, 0) is 17.2 Å². The minimum absolute atomic E-state index is 0.0294. The molecule has 0 spiro atoms. The summed E-state index contributed by atoms with van der Waals surface area (Å²) in [6.45, 7) is 7.61. The van der Waals surface area contributed by atoms with Crippen molar-refractivity contribution in [1.82, 2.24) is 4.31 Å². The molecule has 3 atom stereocenters. The molecule has 0 heterocycles. The molecule has 0 saturated heterocycles. The highest BCUT2D eigenvalue weighted by atomic mass is 32.2. The molecule has 0 fully saturated rings. The number of hydrogen-bond donors (Lipinski definition) is 0. The van der Waals surface area contributed by atoms with Crippen LogP contribution in [0.15, 0.2) is 18.2 Å². The Morgan fingerprint density at radius 1 is 1.18 bits per heavy atom. The largest absolute Gasteiger partial charge is 0.416 e. The summed E-state index contributed by atoms with van der Waals surface area (Å²) in [5.41, 5.74) is 0.969. The van der Waals surface area contributed by atoms with Gasteiger partial charge in [0.05, 0.1) is 10.3 Å². The van der Waals surface area contributed by atoms with E-state index in [9.17, 15) is 17.4 Å². The SMILES string of the molecule is CC1C[C@@H](N(C)[S@](=O)C(C)(C)C)c2ccc(C(F)(F)F)cc21. The lowest BCUT2D eigenvalue weighted by molar-refractivity contribution is -0.137. The number of hydrogen-bond acceptors (Lipinski definition) is 1. The van der Waals surface area contributed by atoms with Crippen molar-refractivity contribution in [3.05, 3.63) is 34.9 Å². The molecule has 1 aliphatic carbocycles. The quantitative estimate of drug-likeness (QED) is 0.771. The minimum Gasteiger partial charge on any atom is -0.242 e. The summed E-state index contributed by atoms with van der Waals surface area (Å²) in [6.07, 6.45) is -3.64. The van der Waals surface area contributed by atoms with Crippen LogP contribution in [-0.4, -0.2) is 20.3 Å². The highest BCUT2D eigenvalue weighted by Crippen LogP contribution is 2.45. The first-order chi connectivity index (χ1) is 9.93. The molecule has 124 valence electrons. The van der Waals surface area contributed by atoms with E-state index in [0.29, 0.717) is 6.42 Å². The number of rotatable bonds is 2. The maximum atomic E-state index is 12.9. The molecule has 0 bridgehead atoms. The lowest BCUT2D eigenvalue weighted by atomic mass is 10.0. The predicted octanol–water partition coefficient (Wildman–Crippen LogP) is 4.65. The molecule has 6 heteroatoms. The maximum absolute atomic E-state index is 12.9. The Hall–Kier alpha value is -0.880. The molecular weight excluding hydrogens is 311 g/mol. The van der Waals surface area contributed by atoms with Gasteiger partial charge in [-0.05, 0) is 56.4 Å². The Kier molecular flexibility index (Phi) is 4.48. The van der Waals surface area contributed by atoms with E-state index in [4.69, 9.17) is 0 Å². The molecule has 22 heavy (non-hydrogen) atoms. The fourth-order valence-corrected chi connectivity index (χ4v) is 4.26. The van der Waals surface area contributed by atoms with Crippen LogP contribution < -0.4 is 0 Å². The summed E-state index contributed by atoms with van der Waals surface area (Å²) in [6, 6.07) is 3.81. The third kappa shape index (κ3) is 3.23. The smallest absolute Gasteiger partial charge is 0.242 e. The van der Waals surface area contributed by atoms with Gasteiger partial charge in [0.2, 0.25) is 0 Å². The molecule has 0 saturated carbocycles. The van der Waals surface area contributed by atoms with Crippen LogP contribution in [0.25, 0.3) is 0 Å². The van der Waals surface area contributed by atoms with Crippen LogP contribution >= 0.6 is 0 Å². The molecule has 1 aromatic rings. The maximum Gasteiger partial charge on any atom is 0.416 e. The number of halogens is 3. The number of benzene rings is 1. The van der Waals surface area contributed by atoms with Gasteiger partial charge in [0.25, 0.3) is 0 Å². The van der Waals surface area contributed by atoms with Crippen LogP contribution in [0.2, 0.25) is 0 Å². The van der Waals surface area contributed by atoms with Gasteiger partial charge in [-0.25, -0.2) is 8.51 Å². The second kappa shape index (κ2) is 5.64. The van der Waals surface area contributed by atoms with E-state index in [1.165, 1.54) is 6.07 Å². The molecule has 0 aromatic heterocycles. The third-order valence-corrected chi connectivity index (χ3v) is 5.93. The van der Waals surface area contributed by atoms with E-state index in [0.717, 1.165) is 17.2 Å². The summed E-state index contributed by atoms with van der Waals surface area (Å²) < 4.78 is 52.5. The van der Waals surface area contributed by atoms with Gasteiger partial charge in [-0.1, -0.05) is 13.0 Å². The van der Waals surface area contributed by atoms with Crippen molar-refractivity contribution in [3.8, 4) is 0 Å². The Bertz CT molecular complexity index is 592. The van der Waals surface area contributed by atoms with E-state index in [2.05, 4.69) is 0 Å². The minimum atomic E-state index is -4.33. The van der Waals surface area contributed by atoms with E-state index in [1.54, 1.807) is 17.4 Å². The highest BCUT2D eigenvalue weighted by Gasteiger charge is 2.38. The molecule has 0 amide bonds. The first-order valence-corrected chi connectivity index (χ1v) is 8.39. The van der Waals surface area contributed by atoms with E-state index in [-0.39, 0.29) is 12.0 Å². The molecule has 1 unspecified atom stereocenters. The Labute approximate surface area is 132 Å². The zero-order valence-corrected chi connectivity index (χ0v) is 14.3. The molecule has 0 aliphatic heterocycles. The summed E-state index contributed by atoms with van der Waals surface area (Å²) in [4.78, 5) is 0. The lowest BCUT2D eigenvalue weighted by Crippen LogP contribution is -2.36. The topological polar surface area (TPSA) is 20.3 Å². The van der Waals surface area contributed by atoms with Crippen molar-refractivity contribution >= 4 is 11.0 Å². The number of alkyl halides is 3. The zero-order valence-electron chi connectivity index (χ0n) is 13.5. The van der Waals surface area contributed by atoms with Crippen molar-refractivity contribution < 1.29 is 17.4 Å². The fourth-order valence-electron chi connectivity index (χ4n) is 2.96. The normalized spacial score (nSPS) is 23.7. The van der Waals surface area contributed by atoms with E-state index in [1.807, 2.05) is 27.7 Å². The van der Waals surface area contributed by atoms with Gasteiger partial charge >= 0.3 is 6.18 Å². The molecule has 0 radical (unpaired) electrons. The van der Waals surface area contributed by atoms with Crippen LogP contribution in [0.3, 0.4) is 0 Å². The second-order valence-electron chi connectivity index (χ2n) is 6.90. The molecule has 1 aromatic carbocycles. The fraction of sp³-hybridized carbons (Fsp3) is 0.625. The predicted molar refractivity (Wildman–Crippen MR) is 82.9 cm³/mol. The van der Waals surface area contributed by atoms with Gasteiger partial charge in [0.15, 0.2) is 0 Å². The summed E-state index contributed by atoms with van der Waals surface area (Å²) >= 11 is 0. The van der Waals surface area contributed by atoms with Crippen LogP contribution in [0, 0.1) is 0 Å². The van der Waals surface area contributed by atoms with E-state index >= 15 is 0 Å². The molecule has 2 rings (SSSR count). The molecular formula is C16H22F3NOS. The molecule has 1 aliphatic rings. The van der Waals surface area contributed by atoms with Crippen LogP contribution in [0.5, 0.6) is 0 Å². The van der Waals surface area contributed by atoms with Gasteiger partial charge in [0.1, 0.15) is 11.0 Å². The monoisotopic (exact) mass is 333 g/mol. The summed E-state index contributed by atoms with van der Waals surface area (Å²) in [5.74, 6) is 0.0294. The van der Waals surface area contributed by atoms with Gasteiger partial charge in [-0.2, -0.15) is 13.2 Å². The van der Waals surface area contributed by atoms with Crippen molar-refractivity contribution in [2.75, 3.05) is 7.05 Å². The van der Waals surface area contributed by atoms with Crippen LogP contribution in [0.1, 0.15) is 62.8 Å². The van der Waals surface area contributed by atoms with Crippen LogP contribution in [0.4, 0.5) is 13.2 Å². The van der Waals surface area contributed by atoms with Gasteiger partial charge in [-0.15, -0.1) is 0 Å². The Morgan fingerprint density at radius 3 is 2.27 bits per heavy atom. The van der Waals surface area contributed by atoms with Gasteiger partial charge in [0, 0.05) is 13.1 Å². The Morgan fingerprint density at radius 2 is 1.77 bits per heavy atom. The highest BCUT2D eigenvalue weighted by molar-refractivity contribution is 7.84. The molecule has 0 N–H and O–H groups in total. The second-order valence-corrected chi connectivity index (χ2v) is 9.20. The standard InChI is InChI=1S/C16H22F3NOS/c1-10-8-14(20(5)22(21)15(2,3)4)12-7-6-11(9-13(10)12)16(17,18)19/h6-7,9-10,14H,8H2,1-5H3/t10?,14-,22-/m1/s1. The third-order valence-electron chi connectivity index (χ3n) is 4.11. The average Bonchev–Trinajstić information content (AvgIpc) is 2.72. The Balaban J connectivity index is 2.37. The molecule has 2 nitrogen and oxygen atoms in total. The lowest BCUT2D eigenvalue weighted by Gasteiger charge is -2.30.